The first kappa shape index (κ1) is 28.1. The predicted molar refractivity (Wildman–Crippen MR) is 143 cm³/mol. The van der Waals surface area contributed by atoms with E-state index in [2.05, 4.69) is 10.3 Å². The fourth-order valence-electron chi connectivity index (χ4n) is 4.65. The number of amides is 2. The summed E-state index contributed by atoms with van der Waals surface area (Å²) < 4.78 is 11.4. The second-order valence-electron chi connectivity index (χ2n) is 12.0. The van der Waals surface area contributed by atoms with E-state index in [9.17, 15) is 19.5 Å². The van der Waals surface area contributed by atoms with E-state index in [4.69, 9.17) is 14.3 Å². The molecule has 208 valence electrons. The number of nitrogens with one attached hydrogen (secondary N) is 1. The van der Waals surface area contributed by atoms with Gasteiger partial charge in [0.1, 0.15) is 11.4 Å². The van der Waals surface area contributed by atoms with Crippen molar-refractivity contribution < 1.29 is 33.8 Å². The maximum Gasteiger partial charge on any atom is 0.444 e. The molecule has 10 nitrogen and oxygen atoms in total. The van der Waals surface area contributed by atoms with Crippen LogP contribution in [0.1, 0.15) is 88.4 Å². The number of ketones is 1. The largest absolute Gasteiger partial charge is 0.454 e. The van der Waals surface area contributed by atoms with Crippen molar-refractivity contribution >= 4 is 24.3 Å². The Hall–Kier alpha value is -3.92. The van der Waals surface area contributed by atoms with Crippen molar-refractivity contribution in [1.82, 2.24) is 10.4 Å². The predicted octanol–water partition coefficient (Wildman–Crippen LogP) is 5.14. The number of carbonyl (C=O) groups is 3. The van der Waals surface area contributed by atoms with Gasteiger partial charge in [-0.15, -0.1) is 5.06 Å². The number of fused-ring (bicyclic) bond motifs is 5. The third-order valence-corrected chi connectivity index (χ3v) is 6.46. The highest BCUT2D eigenvalue weighted by atomic mass is 16.8. The summed E-state index contributed by atoms with van der Waals surface area (Å²) in [6.07, 6.45) is -0.922. The number of aliphatic imine (C=N–C) groups is 1. The van der Waals surface area contributed by atoms with Gasteiger partial charge in [0.15, 0.2) is 0 Å². The van der Waals surface area contributed by atoms with E-state index >= 15 is 0 Å². The molecule has 0 spiro atoms. The van der Waals surface area contributed by atoms with E-state index in [1.807, 2.05) is 19.9 Å². The van der Waals surface area contributed by atoms with Crippen LogP contribution in [0.15, 0.2) is 47.5 Å². The van der Waals surface area contributed by atoms with Gasteiger partial charge < -0.3 is 19.4 Å². The van der Waals surface area contributed by atoms with Gasteiger partial charge in [0, 0.05) is 16.7 Å². The Morgan fingerprint density at radius 3 is 2.36 bits per heavy atom. The van der Waals surface area contributed by atoms with Crippen LogP contribution in [-0.2, 0) is 20.9 Å². The van der Waals surface area contributed by atoms with Gasteiger partial charge in [0.05, 0.1) is 11.9 Å². The fraction of sp³-hybridized carbons (Fsp3) is 0.448. The molecule has 2 aromatic rings. The Balaban J connectivity index is 1.66. The molecule has 1 aliphatic heterocycles. The van der Waals surface area contributed by atoms with E-state index in [1.54, 1.807) is 77.9 Å². The highest BCUT2D eigenvalue weighted by Crippen LogP contribution is 2.60. The lowest BCUT2D eigenvalue weighted by atomic mass is 9.83. The third-order valence-electron chi connectivity index (χ3n) is 6.46. The Morgan fingerprint density at radius 2 is 1.74 bits per heavy atom. The van der Waals surface area contributed by atoms with Gasteiger partial charge in [-0.1, -0.05) is 50.2 Å². The molecule has 0 saturated heterocycles. The molecule has 2 aromatic carbocycles. The number of carbonyl (C=O) groups excluding carboxylic acids is 3. The molecule has 2 aliphatic rings. The molecule has 0 aromatic heterocycles. The van der Waals surface area contributed by atoms with Gasteiger partial charge in [-0.2, -0.15) is 0 Å². The van der Waals surface area contributed by atoms with Crippen molar-refractivity contribution in [2.45, 2.75) is 83.8 Å². The topological polar surface area (TPSA) is 127 Å². The Kier molecular flexibility index (Phi) is 6.75. The zero-order valence-electron chi connectivity index (χ0n) is 23.5. The molecule has 1 heterocycles. The fourth-order valence-corrected chi connectivity index (χ4v) is 4.65. The third kappa shape index (κ3) is 4.73. The first-order valence-electron chi connectivity index (χ1n) is 12.8. The summed E-state index contributed by atoms with van der Waals surface area (Å²) in [5.41, 5.74) is -1.76. The zero-order chi connectivity index (χ0) is 29.0. The maximum atomic E-state index is 13.8. The number of benzene rings is 2. The number of aliphatic hydroxyl groups is 1. The van der Waals surface area contributed by atoms with Crippen molar-refractivity contribution in [2.24, 2.45) is 4.99 Å². The molecule has 2 amide bonds. The minimum absolute atomic E-state index is 0.184. The molecule has 39 heavy (non-hydrogen) atoms. The summed E-state index contributed by atoms with van der Waals surface area (Å²) in [5.74, 6) is -2.10. The van der Waals surface area contributed by atoms with Crippen LogP contribution < -0.4 is 10.1 Å². The lowest BCUT2D eigenvalue weighted by Gasteiger charge is -2.34. The molecule has 4 rings (SSSR count). The lowest BCUT2D eigenvalue weighted by Crippen LogP contribution is -2.50. The number of nitrogens with zero attached hydrogens (tertiary/aromatic N) is 2. The van der Waals surface area contributed by atoms with E-state index in [1.165, 1.54) is 0 Å². The van der Waals surface area contributed by atoms with E-state index in [0.29, 0.717) is 11.3 Å². The molecule has 10 heteroatoms. The average Bonchev–Trinajstić information content (AvgIpc) is 3.18. The van der Waals surface area contributed by atoms with Crippen LogP contribution in [0.2, 0.25) is 0 Å². The monoisotopic (exact) mass is 537 g/mol. The smallest absolute Gasteiger partial charge is 0.444 e. The second kappa shape index (κ2) is 9.37. The number of hydrogen-bond donors (Lipinski definition) is 2. The quantitative estimate of drug-likeness (QED) is 0.315. The summed E-state index contributed by atoms with van der Waals surface area (Å²) in [4.78, 5) is 48.9. The summed E-state index contributed by atoms with van der Waals surface area (Å²) in [5, 5.41) is 15.0. The van der Waals surface area contributed by atoms with Crippen molar-refractivity contribution in [3.8, 4) is 5.75 Å². The van der Waals surface area contributed by atoms with Crippen LogP contribution in [0.4, 0.5) is 9.59 Å². The van der Waals surface area contributed by atoms with Gasteiger partial charge in [-0.25, -0.2) is 14.6 Å². The van der Waals surface area contributed by atoms with Gasteiger partial charge >= 0.3 is 12.2 Å². The molecular weight excluding hydrogens is 502 g/mol. The Morgan fingerprint density at radius 1 is 1.08 bits per heavy atom. The number of Topliss-reactive ketones (excluding diaryl/α,β-unsaturated/α-hetero) is 1. The SMILES string of the molecule is CC(C)c1ccc2c(c1)OC1(O)c3ccccc3C(=O)C21N=CNC(=O)ON(C(=O)OC(C)(C)C)C(C)(C)C. The van der Waals surface area contributed by atoms with Crippen molar-refractivity contribution in [3.05, 3.63) is 64.7 Å². The molecule has 0 bridgehead atoms. The minimum Gasteiger partial charge on any atom is -0.454 e. The van der Waals surface area contributed by atoms with Gasteiger partial charge in [0.25, 0.3) is 5.79 Å². The standard InChI is InChI=1S/C29H35N3O7/c1-17(2)18-13-14-21-22(15-18)37-29(36)20-12-10-9-11-19(20)23(33)28(21,29)31-16-30-24(34)39-32(26(3,4)5)25(35)38-27(6,7)8/h9-17,36H,1-8H3,(H,30,31,34). The van der Waals surface area contributed by atoms with E-state index < -0.39 is 40.4 Å². The van der Waals surface area contributed by atoms with Crippen LogP contribution >= 0.6 is 0 Å². The summed E-state index contributed by atoms with van der Waals surface area (Å²) in [6.45, 7) is 14.1. The number of rotatable bonds is 3. The molecule has 2 atom stereocenters. The lowest BCUT2D eigenvalue weighted by molar-refractivity contribution is -0.161. The number of hydroxylamine groups is 2. The molecule has 0 fully saturated rings. The first-order valence-corrected chi connectivity index (χ1v) is 12.8. The first-order chi connectivity index (χ1) is 18.0. The maximum absolute atomic E-state index is 13.8. The molecule has 2 N–H and O–H groups in total. The highest BCUT2D eigenvalue weighted by Gasteiger charge is 2.71. The Labute approximate surface area is 227 Å². The summed E-state index contributed by atoms with van der Waals surface area (Å²) in [7, 11) is 0. The summed E-state index contributed by atoms with van der Waals surface area (Å²) >= 11 is 0. The van der Waals surface area contributed by atoms with Crippen molar-refractivity contribution in [1.29, 1.82) is 0 Å². The van der Waals surface area contributed by atoms with Gasteiger partial charge in [-0.05, 0) is 59.1 Å². The van der Waals surface area contributed by atoms with E-state index in [-0.39, 0.29) is 17.0 Å². The highest BCUT2D eigenvalue weighted by molar-refractivity contribution is 6.11. The van der Waals surface area contributed by atoms with Crippen molar-refractivity contribution in [3.63, 3.8) is 0 Å². The summed E-state index contributed by atoms with van der Waals surface area (Å²) in [6, 6.07) is 12.0. The van der Waals surface area contributed by atoms with Crippen LogP contribution in [0.3, 0.4) is 0 Å². The van der Waals surface area contributed by atoms with Crippen LogP contribution in [-0.4, -0.2) is 45.6 Å². The van der Waals surface area contributed by atoms with Gasteiger partial charge in [0.2, 0.25) is 11.3 Å². The van der Waals surface area contributed by atoms with Crippen LogP contribution in [0, 0.1) is 0 Å². The molecule has 2 unspecified atom stereocenters. The minimum atomic E-state index is -2.13. The van der Waals surface area contributed by atoms with Gasteiger partial charge in [-0.3, -0.25) is 10.1 Å². The molecule has 0 radical (unpaired) electrons. The zero-order valence-corrected chi connectivity index (χ0v) is 23.5. The number of ether oxygens (including phenoxy) is 2. The van der Waals surface area contributed by atoms with Crippen molar-refractivity contribution in [2.75, 3.05) is 0 Å². The molecule has 0 saturated carbocycles. The molecule has 1 aliphatic carbocycles. The van der Waals surface area contributed by atoms with Crippen LogP contribution in [0.25, 0.3) is 0 Å². The second-order valence-corrected chi connectivity index (χ2v) is 12.0. The molecular formula is C29H35N3O7. The Bertz CT molecular complexity index is 1360. The normalized spacial score (nSPS) is 21.7. The number of hydrogen-bond acceptors (Lipinski definition) is 8. The van der Waals surface area contributed by atoms with Crippen LogP contribution in [0.5, 0.6) is 5.75 Å². The van der Waals surface area contributed by atoms with E-state index in [0.717, 1.165) is 17.0 Å². The average molecular weight is 538 g/mol.